The number of likely N-dealkylation sites (N-methyl/N-ethyl adjacent to an activating group) is 1. The number of alkyl halides is 3. The van der Waals surface area contributed by atoms with Crippen LogP contribution in [0, 0.1) is 0 Å². The van der Waals surface area contributed by atoms with Gasteiger partial charge < -0.3 is 14.6 Å². The Bertz CT molecular complexity index is 3140. The number of nitrogens with two attached hydrogens (primary N) is 1. The van der Waals surface area contributed by atoms with Gasteiger partial charge in [-0.05, 0) is 153 Å². The highest BCUT2D eigenvalue weighted by atomic mass is 35.5. The number of nitrogens with one attached hydrogen (secondary N) is 2. The third kappa shape index (κ3) is 13.6. The second kappa shape index (κ2) is 27.4. The van der Waals surface area contributed by atoms with Crippen LogP contribution in [0.1, 0.15) is 136 Å². The first kappa shape index (κ1) is 65.3. The number of carbonyl (C=O) groups is 2. The Labute approximate surface area is 509 Å². The third-order valence-electron chi connectivity index (χ3n) is 17.3. The predicted octanol–water partition coefficient (Wildman–Crippen LogP) is 14.2. The molecule has 0 saturated heterocycles. The maximum absolute atomic E-state index is 11.9. The van der Waals surface area contributed by atoms with E-state index in [2.05, 4.69) is 67.9 Å². The quantitative estimate of drug-likeness (QED) is 0.0216. The largest absolute Gasteiger partial charge is 0.523 e. The first-order valence-electron chi connectivity index (χ1n) is 27.3. The minimum Gasteiger partial charge on any atom is -0.484 e. The maximum atomic E-state index is 11.9. The molecule has 0 bridgehead atoms. The minimum absolute atomic E-state index is 0.00586. The molecular formula is C61H69Cl5F3N7O6S. The molecule has 5 saturated carbocycles. The zero-order chi connectivity index (χ0) is 60.4. The number of halogens is 8. The molecule has 0 unspecified atom stereocenters. The van der Waals surface area contributed by atoms with Crippen molar-refractivity contribution >= 4 is 85.8 Å². The molecule has 6 aromatic rings. The van der Waals surface area contributed by atoms with Crippen LogP contribution in [-0.2, 0) is 62.7 Å². The van der Waals surface area contributed by atoms with Crippen LogP contribution in [0.4, 0.5) is 13.2 Å². The second-order valence-corrected chi connectivity index (χ2v) is 25.4. The summed E-state index contributed by atoms with van der Waals surface area (Å²) in [6, 6.07) is 39.5. The van der Waals surface area contributed by atoms with Gasteiger partial charge in [0.2, 0.25) is 11.8 Å². The molecule has 0 radical (unpaired) electrons. The number of nitrogens with zero attached hydrogens (tertiary/aromatic N) is 4. The van der Waals surface area contributed by atoms with Gasteiger partial charge in [0, 0.05) is 46.3 Å². The monoisotopic (exact) mass is 1260 g/mol. The Hall–Kier alpha value is -5.24. The highest BCUT2D eigenvalue weighted by Gasteiger charge is 2.51. The highest BCUT2D eigenvalue weighted by Crippen LogP contribution is 2.53. The van der Waals surface area contributed by atoms with Crippen LogP contribution >= 0.6 is 58.0 Å². The summed E-state index contributed by atoms with van der Waals surface area (Å²) in [5, 5.41) is 16.0. The number of carbonyl (C=O) groups excluding carboxylic acids is 2. The van der Waals surface area contributed by atoms with Crippen molar-refractivity contribution in [3.8, 4) is 0 Å². The highest BCUT2D eigenvalue weighted by molar-refractivity contribution is 7.87. The summed E-state index contributed by atoms with van der Waals surface area (Å²) < 4.78 is 63.5. The lowest BCUT2D eigenvalue weighted by Gasteiger charge is -2.43. The van der Waals surface area contributed by atoms with Gasteiger partial charge >= 0.3 is 15.6 Å². The van der Waals surface area contributed by atoms with Gasteiger partial charge in [-0.1, -0.05) is 151 Å². The summed E-state index contributed by atoms with van der Waals surface area (Å²) in [5.74, 6) is 8.22. The number of methoxy groups -OCH3 is 1. The van der Waals surface area contributed by atoms with E-state index in [9.17, 15) is 31.2 Å². The molecule has 83 heavy (non-hydrogen) atoms. The number of hydrogen-bond acceptors (Lipinski definition) is 10. The molecule has 5 aliphatic carbocycles. The molecule has 2 amide bonds. The fourth-order valence-corrected chi connectivity index (χ4v) is 12.7. The molecule has 0 atom stereocenters. The zero-order valence-electron chi connectivity index (χ0n) is 46.9. The minimum atomic E-state index is -5.34. The number of aromatic nitrogens is 3. The molecule has 0 spiro atoms. The van der Waals surface area contributed by atoms with Gasteiger partial charge in [-0.15, -0.1) is 10.2 Å². The van der Waals surface area contributed by atoms with E-state index >= 15 is 0 Å². The van der Waals surface area contributed by atoms with Crippen LogP contribution in [-0.4, -0.2) is 74.7 Å². The Kier molecular flexibility index (Phi) is 21.6. The van der Waals surface area contributed by atoms with E-state index in [1.165, 1.54) is 36.0 Å². The van der Waals surface area contributed by atoms with Crippen molar-refractivity contribution in [1.29, 1.82) is 0 Å². The molecule has 446 valence electrons. The fraction of sp³-hybridized carbons (Fsp3) is 0.426. The second-order valence-electron chi connectivity index (χ2n) is 21.5. The van der Waals surface area contributed by atoms with Gasteiger partial charge in [-0.3, -0.25) is 24.2 Å². The molecule has 1 heterocycles. The summed E-state index contributed by atoms with van der Waals surface area (Å²) in [6.07, 6.45) is 16.1. The smallest absolute Gasteiger partial charge is 0.484 e. The van der Waals surface area contributed by atoms with E-state index in [0.29, 0.717) is 17.2 Å². The first-order valence-corrected chi connectivity index (χ1v) is 30.6. The van der Waals surface area contributed by atoms with Gasteiger partial charge in [-0.2, -0.15) is 21.6 Å². The first-order chi connectivity index (χ1) is 39.5. The maximum Gasteiger partial charge on any atom is 0.523 e. The van der Waals surface area contributed by atoms with Crippen LogP contribution in [0.25, 0.3) is 0 Å². The number of rotatable bonds is 11. The van der Waals surface area contributed by atoms with E-state index in [0.717, 1.165) is 121 Å². The lowest BCUT2D eigenvalue weighted by molar-refractivity contribution is -0.130. The summed E-state index contributed by atoms with van der Waals surface area (Å²) in [6.45, 7) is 0. The number of hydrogen-bond donors (Lipinski definition) is 3. The van der Waals surface area contributed by atoms with Crippen LogP contribution in [0.2, 0.25) is 25.1 Å². The Morgan fingerprint density at radius 2 is 0.831 bits per heavy atom. The Balaban J connectivity index is 0.000000157. The average Bonchev–Trinajstić information content (AvgIpc) is 3.58. The van der Waals surface area contributed by atoms with Crippen molar-refractivity contribution in [3.05, 3.63) is 186 Å². The molecular weight excluding hydrogens is 1190 g/mol. The van der Waals surface area contributed by atoms with Crippen molar-refractivity contribution in [3.63, 3.8) is 0 Å². The topological polar surface area (TPSA) is 180 Å². The summed E-state index contributed by atoms with van der Waals surface area (Å²) in [4.78, 5) is 27.9. The average molecular weight is 1260 g/mol. The van der Waals surface area contributed by atoms with Crippen LogP contribution in [0.3, 0.4) is 0 Å². The number of ether oxygens (including phenoxy) is 1. The van der Waals surface area contributed by atoms with Gasteiger partial charge in [-0.25, -0.2) is 5.84 Å². The Morgan fingerprint density at radius 1 is 0.542 bits per heavy atom. The number of amides is 2. The van der Waals surface area contributed by atoms with E-state index in [1.807, 2.05) is 72.8 Å². The van der Waals surface area contributed by atoms with Crippen molar-refractivity contribution in [1.82, 2.24) is 25.5 Å². The number of hydrazine groups is 1. The van der Waals surface area contributed by atoms with Crippen LogP contribution < -0.4 is 16.6 Å². The lowest BCUT2D eigenvalue weighted by Crippen LogP contribution is -2.51. The molecule has 5 aromatic carbocycles. The van der Waals surface area contributed by atoms with E-state index in [4.69, 9.17) is 78.8 Å². The summed E-state index contributed by atoms with van der Waals surface area (Å²) in [5.41, 5.74) is 2.06. The predicted molar refractivity (Wildman–Crippen MR) is 323 cm³/mol. The van der Waals surface area contributed by atoms with E-state index < -0.39 is 21.0 Å². The molecule has 0 aliphatic heterocycles. The van der Waals surface area contributed by atoms with Crippen LogP contribution in [0.15, 0.2) is 126 Å². The van der Waals surface area contributed by atoms with Crippen molar-refractivity contribution < 1.29 is 40.1 Å². The molecule has 11 rings (SSSR count). The fourth-order valence-electron chi connectivity index (χ4n) is 11.8. The Morgan fingerprint density at radius 3 is 1.04 bits per heavy atom. The third-order valence-corrected chi connectivity index (χ3v) is 19.6. The van der Waals surface area contributed by atoms with Gasteiger partial charge in [0.05, 0.1) is 41.3 Å². The standard InChI is InChI=1S/C23H23Cl2N3.C13H16ClNO.C12H14ClNO.C11H13ClN2O.C2H3F3O3S/c1-28-20(22(12-2-13-22)16-4-8-18(24)9-5-16)26-27-21(28)23(14-3-15-23)17-6-10-19(25)11-7-17;1-15-12(16-2)13(8-3-9-13)10-4-6-11(14)7-5-10;1-14-11(15)12(7-2-8-12)9-3-5-10(13)6-4-9;12-9-4-2-8(3-5-9)11(6-1-7-11)10(15)14-13;1-8-9(6,7)2(3,4)5/h4-11H,2-3,12-15H2,1H3;4-7H,3,8-9H2,1-2H3;3-6H,2,7-8H2,1H3,(H,14,15);2-5H,1,6-7,13H2,(H,14,15);1H3. The molecule has 13 nitrogen and oxygen atoms in total. The molecule has 5 fully saturated rings. The zero-order valence-corrected chi connectivity index (χ0v) is 51.5. The van der Waals surface area contributed by atoms with E-state index in [1.54, 1.807) is 33.3 Å². The normalized spacial score (nSPS) is 18.3. The summed E-state index contributed by atoms with van der Waals surface area (Å²) in [7, 11) is 2.42. The van der Waals surface area contributed by atoms with Crippen molar-refractivity contribution in [2.24, 2.45) is 17.9 Å². The SMILES string of the molecule is CN=C(OC)C1(c2ccc(Cl)cc2)CCC1.CNC(=O)C1(c2ccc(Cl)cc2)CCC1.COS(=O)(=O)C(F)(F)F.Cn1c(C2(c3ccc(Cl)cc3)CCC2)nnc1C1(c2ccc(Cl)cc2)CCC1.NNC(=O)C1(c2ccc(Cl)cc2)CCC1. The van der Waals surface area contributed by atoms with E-state index in [-0.39, 0.29) is 33.5 Å². The van der Waals surface area contributed by atoms with Crippen molar-refractivity contribution in [2.75, 3.05) is 28.3 Å². The van der Waals surface area contributed by atoms with Gasteiger partial charge in [0.25, 0.3) is 0 Å². The molecule has 4 N–H and O–H groups in total. The van der Waals surface area contributed by atoms with Gasteiger partial charge in [0.1, 0.15) is 11.6 Å². The summed E-state index contributed by atoms with van der Waals surface area (Å²) >= 11 is 29.8. The van der Waals surface area contributed by atoms with Crippen LogP contribution in [0.5, 0.6) is 0 Å². The number of benzene rings is 5. The molecule has 1 aromatic heterocycles. The van der Waals surface area contributed by atoms with Gasteiger partial charge in [0.15, 0.2) is 5.90 Å². The van der Waals surface area contributed by atoms with Crippen molar-refractivity contribution in [2.45, 2.75) is 129 Å². The molecule has 22 heteroatoms. The number of aliphatic imine (C=N–C) groups is 1. The lowest BCUT2D eigenvalue weighted by atomic mass is 9.62. The molecule has 5 aliphatic rings.